The molecule has 1 aromatic heterocycles. The summed E-state index contributed by atoms with van der Waals surface area (Å²) in [6.45, 7) is 7.80. The fraction of sp³-hybridized carbons (Fsp3) is 0.370. The van der Waals surface area contributed by atoms with Gasteiger partial charge < -0.3 is 25.0 Å². The number of hydrogen-bond donors (Lipinski definition) is 2. The molecule has 2 heterocycles. The topological polar surface area (TPSA) is 88.6 Å². The zero-order valence-corrected chi connectivity index (χ0v) is 20.4. The van der Waals surface area contributed by atoms with E-state index in [4.69, 9.17) is 9.47 Å². The lowest BCUT2D eigenvalue weighted by molar-refractivity contribution is 0.102. The number of morpholine rings is 1. The fourth-order valence-electron chi connectivity index (χ4n) is 3.80. The van der Waals surface area contributed by atoms with Crippen LogP contribution in [-0.2, 0) is 4.74 Å². The minimum absolute atomic E-state index is 0.162. The number of nitrogens with zero attached hydrogens (tertiary/aromatic N) is 3. The first kappa shape index (κ1) is 24.5. The predicted molar refractivity (Wildman–Crippen MR) is 139 cm³/mol. The molecule has 0 saturated carbocycles. The van der Waals surface area contributed by atoms with E-state index >= 15 is 0 Å². The van der Waals surface area contributed by atoms with Gasteiger partial charge in [0.25, 0.3) is 5.91 Å². The molecule has 8 heteroatoms. The molecule has 2 aromatic carbocycles. The first-order valence-corrected chi connectivity index (χ1v) is 12.2. The summed E-state index contributed by atoms with van der Waals surface area (Å²) in [5, 5.41) is 6.27. The number of nitrogens with one attached hydrogen (secondary N) is 2. The average Bonchev–Trinajstić information content (AvgIpc) is 2.88. The number of unbranched alkanes of at least 4 members (excludes halogenated alkanes) is 2. The highest BCUT2D eigenvalue weighted by Crippen LogP contribution is 2.22. The van der Waals surface area contributed by atoms with Gasteiger partial charge in [-0.1, -0.05) is 19.8 Å². The van der Waals surface area contributed by atoms with Crippen LogP contribution in [0.15, 0.2) is 54.6 Å². The van der Waals surface area contributed by atoms with Crippen LogP contribution in [0, 0.1) is 6.92 Å². The van der Waals surface area contributed by atoms with Crippen molar-refractivity contribution >= 4 is 28.9 Å². The minimum atomic E-state index is -0.162. The largest absolute Gasteiger partial charge is 0.494 e. The Balaban J connectivity index is 1.33. The number of anilines is 4. The molecule has 1 fully saturated rings. The smallest absolute Gasteiger partial charge is 0.255 e. The van der Waals surface area contributed by atoms with Gasteiger partial charge >= 0.3 is 0 Å². The van der Waals surface area contributed by atoms with Crippen molar-refractivity contribution in [3.63, 3.8) is 0 Å². The van der Waals surface area contributed by atoms with Crippen molar-refractivity contribution in [2.24, 2.45) is 0 Å². The van der Waals surface area contributed by atoms with Crippen LogP contribution in [0.5, 0.6) is 5.75 Å². The van der Waals surface area contributed by atoms with Gasteiger partial charge in [-0.3, -0.25) is 4.79 Å². The van der Waals surface area contributed by atoms with Gasteiger partial charge in [0.15, 0.2) is 0 Å². The van der Waals surface area contributed by atoms with Gasteiger partial charge in [0.05, 0.1) is 19.8 Å². The molecule has 1 aliphatic rings. The molecule has 0 spiro atoms. The van der Waals surface area contributed by atoms with E-state index in [1.54, 1.807) is 12.1 Å². The summed E-state index contributed by atoms with van der Waals surface area (Å²) in [6.07, 6.45) is 3.36. The number of rotatable bonds is 10. The second-order valence-corrected chi connectivity index (χ2v) is 8.49. The molecule has 0 atom stereocenters. The molecular weight excluding hydrogens is 442 g/mol. The number of carbonyl (C=O) groups is 1. The normalized spacial score (nSPS) is 13.4. The van der Waals surface area contributed by atoms with Gasteiger partial charge in [-0.25, -0.2) is 9.97 Å². The van der Waals surface area contributed by atoms with Crippen LogP contribution >= 0.6 is 0 Å². The second-order valence-electron chi connectivity index (χ2n) is 8.49. The number of hydrogen-bond acceptors (Lipinski definition) is 7. The summed E-state index contributed by atoms with van der Waals surface area (Å²) >= 11 is 0. The highest BCUT2D eigenvalue weighted by Gasteiger charge is 2.14. The molecule has 8 nitrogen and oxygen atoms in total. The molecule has 0 aliphatic carbocycles. The maximum absolute atomic E-state index is 12.6. The summed E-state index contributed by atoms with van der Waals surface area (Å²) < 4.78 is 11.2. The van der Waals surface area contributed by atoms with Crippen LogP contribution in [0.3, 0.4) is 0 Å². The van der Waals surface area contributed by atoms with E-state index in [1.807, 2.05) is 49.4 Å². The molecule has 2 N–H and O–H groups in total. The molecule has 0 radical (unpaired) electrons. The molecule has 1 aliphatic heterocycles. The van der Waals surface area contributed by atoms with Gasteiger partial charge in [0, 0.05) is 36.1 Å². The predicted octanol–water partition coefficient (Wildman–Crippen LogP) is 5.19. The lowest BCUT2D eigenvalue weighted by Crippen LogP contribution is -2.36. The molecule has 4 rings (SSSR count). The van der Waals surface area contributed by atoms with E-state index in [-0.39, 0.29) is 5.91 Å². The van der Waals surface area contributed by atoms with E-state index in [0.29, 0.717) is 36.9 Å². The minimum Gasteiger partial charge on any atom is -0.494 e. The van der Waals surface area contributed by atoms with Gasteiger partial charge in [-0.15, -0.1) is 0 Å². The van der Waals surface area contributed by atoms with Crippen LogP contribution in [0.2, 0.25) is 0 Å². The third-order valence-corrected chi connectivity index (χ3v) is 5.71. The molecule has 35 heavy (non-hydrogen) atoms. The quantitative estimate of drug-likeness (QED) is 0.390. The molecule has 0 bridgehead atoms. The van der Waals surface area contributed by atoms with Crippen molar-refractivity contribution in [1.82, 2.24) is 9.97 Å². The average molecular weight is 476 g/mol. The summed E-state index contributed by atoms with van der Waals surface area (Å²) in [5.41, 5.74) is 2.17. The Morgan fingerprint density at radius 3 is 2.43 bits per heavy atom. The molecule has 0 unspecified atom stereocenters. The molecular formula is C27H33N5O3. The molecule has 3 aromatic rings. The van der Waals surface area contributed by atoms with E-state index in [1.165, 1.54) is 0 Å². The standard InChI is InChI=1S/C27H33N5O3/c1-3-4-5-16-35-24-12-6-21(7-13-24)27(33)31-23-10-8-22(9-11-23)30-25-19-26(29-20(2)28-25)32-14-17-34-18-15-32/h6-13,19H,3-5,14-18H2,1-2H3,(H,31,33)(H,28,29,30). The monoisotopic (exact) mass is 475 g/mol. The lowest BCUT2D eigenvalue weighted by atomic mass is 10.2. The van der Waals surface area contributed by atoms with Crippen molar-refractivity contribution < 1.29 is 14.3 Å². The van der Waals surface area contributed by atoms with Crippen molar-refractivity contribution in [2.75, 3.05) is 48.4 Å². The lowest BCUT2D eigenvalue weighted by Gasteiger charge is -2.28. The Kier molecular flexibility index (Phi) is 8.51. The van der Waals surface area contributed by atoms with Crippen LogP contribution in [0.1, 0.15) is 42.4 Å². The van der Waals surface area contributed by atoms with Gasteiger partial charge in [-0.05, 0) is 61.9 Å². The highest BCUT2D eigenvalue weighted by atomic mass is 16.5. The van der Waals surface area contributed by atoms with Crippen LogP contribution in [-0.4, -0.2) is 48.8 Å². The van der Waals surface area contributed by atoms with Crippen LogP contribution in [0.4, 0.5) is 23.0 Å². The zero-order chi connectivity index (χ0) is 24.5. The first-order chi connectivity index (χ1) is 17.1. The maximum Gasteiger partial charge on any atom is 0.255 e. The van der Waals surface area contributed by atoms with Crippen LogP contribution in [0.25, 0.3) is 0 Å². The number of aromatic nitrogens is 2. The Morgan fingerprint density at radius 1 is 1.00 bits per heavy atom. The number of carbonyl (C=O) groups excluding carboxylic acids is 1. The van der Waals surface area contributed by atoms with Gasteiger partial charge in [0.1, 0.15) is 23.2 Å². The van der Waals surface area contributed by atoms with E-state index in [0.717, 1.165) is 55.4 Å². The number of ether oxygens (including phenoxy) is 2. The number of benzene rings is 2. The van der Waals surface area contributed by atoms with E-state index in [2.05, 4.69) is 32.4 Å². The van der Waals surface area contributed by atoms with Crippen molar-refractivity contribution in [3.8, 4) is 5.75 Å². The fourth-order valence-corrected chi connectivity index (χ4v) is 3.80. The van der Waals surface area contributed by atoms with E-state index in [9.17, 15) is 4.79 Å². The Hall–Kier alpha value is -3.65. The maximum atomic E-state index is 12.6. The van der Waals surface area contributed by atoms with Gasteiger partial charge in [0.2, 0.25) is 0 Å². The Morgan fingerprint density at radius 2 is 1.71 bits per heavy atom. The first-order valence-electron chi connectivity index (χ1n) is 12.2. The molecule has 1 saturated heterocycles. The van der Waals surface area contributed by atoms with Crippen LogP contribution < -0.4 is 20.3 Å². The zero-order valence-electron chi connectivity index (χ0n) is 20.4. The van der Waals surface area contributed by atoms with Gasteiger partial charge in [-0.2, -0.15) is 0 Å². The summed E-state index contributed by atoms with van der Waals surface area (Å²) in [5.74, 6) is 2.95. The summed E-state index contributed by atoms with van der Waals surface area (Å²) in [6, 6.07) is 16.7. The molecule has 1 amide bonds. The SMILES string of the molecule is CCCCCOc1ccc(C(=O)Nc2ccc(Nc3cc(N4CCOCC4)nc(C)n3)cc2)cc1. The number of aryl methyl sites for hydroxylation is 1. The number of amides is 1. The second kappa shape index (κ2) is 12.2. The third-order valence-electron chi connectivity index (χ3n) is 5.71. The summed E-state index contributed by atoms with van der Waals surface area (Å²) in [4.78, 5) is 23.9. The van der Waals surface area contributed by atoms with Crippen molar-refractivity contribution in [1.29, 1.82) is 0 Å². The Labute approximate surface area is 206 Å². The van der Waals surface area contributed by atoms with Crippen molar-refractivity contribution in [3.05, 3.63) is 66.0 Å². The van der Waals surface area contributed by atoms with E-state index < -0.39 is 0 Å². The summed E-state index contributed by atoms with van der Waals surface area (Å²) in [7, 11) is 0. The third kappa shape index (κ3) is 7.16. The Bertz CT molecular complexity index is 1100. The van der Waals surface area contributed by atoms with Crippen molar-refractivity contribution in [2.45, 2.75) is 33.1 Å². The molecule has 184 valence electrons. The highest BCUT2D eigenvalue weighted by molar-refractivity contribution is 6.04.